The summed E-state index contributed by atoms with van der Waals surface area (Å²) in [5.41, 5.74) is 20.5. The number of hydrogen-bond acceptors (Lipinski definition) is 4. The van der Waals surface area contributed by atoms with Crippen LogP contribution in [0.15, 0.2) is 243 Å². The van der Waals surface area contributed by atoms with Crippen LogP contribution in [0.5, 0.6) is 11.5 Å². The fourth-order valence-electron chi connectivity index (χ4n) is 8.85. The molecular formula is C69H59N3O. The van der Waals surface area contributed by atoms with E-state index >= 15 is 0 Å². The van der Waals surface area contributed by atoms with E-state index in [-0.39, 0.29) is 0 Å². The zero-order chi connectivity index (χ0) is 50.1. The molecule has 0 heterocycles. The lowest BCUT2D eigenvalue weighted by Crippen LogP contribution is -2.09. The van der Waals surface area contributed by atoms with Gasteiger partial charge in [-0.3, -0.25) is 0 Å². The Labute approximate surface area is 431 Å². The van der Waals surface area contributed by atoms with E-state index in [0.29, 0.717) is 0 Å². The number of nitrogens with zero attached hydrogens (tertiary/aromatic N) is 3. The fourth-order valence-corrected chi connectivity index (χ4v) is 8.85. The van der Waals surface area contributed by atoms with Gasteiger partial charge in [0.2, 0.25) is 0 Å². The third kappa shape index (κ3) is 11.7. The molecule has 0 bridgehead atoms. The number of ether oxygens (including phenoxy) is 1. The third-order valence-electron chi connectivity index (χ3n) is 13.1. The van der Waals surface area contributed by atoms with Crippen molar-refractivity contribution in [3.05, 3.63) is 293 Å². The highest BCUT2D eigenvalue weighted by molar-refractivity contribution is 5.82. The molecular weight excluding hydrogens is 887 g/mol. The molecule has 0 amide bonds. The van der Waals surface area contributed by atoms with Crippen LogP contribution in [-0.2, 0) is 0 Å². The molecule has 0 radical (unpaired) electrons. The first kappa shape index (κ1) is 47.6. The summed E-state index contributed by atoms with van der Waals surface area (Å²) in [7, 11) is 0. The topological polar surface area (TPSA) is 19.0 Å². The average molecular weight is 946 g/mol. The van der Waals surface area contributed by atoms with Crippen molar-refractivity contribution in [2.75, 3.05) is 14.7 Å². The number of benzene rings is 10. The van der Waals surface area contributed by atoms with E-state index in [2.05, 4.69) is 292 Å². The molecule has 0 atom stereocenters. The standard InChI is InChI=1S/C69H59N3O/c1-50-6-28-59(29-7-50)70(60-30-8-51(2)9-31-60)63-36-20-55(21-37-63)16-18-57-24-40-65(41-25-57)72(67-44-48-69(49-45-67)73-68-46-14-54(5)15-47-68)66-42-26-58(27-43-66)19-17-56-22-38-64(39-23-56)71(61-32-10-52(3)11-33-61)62-34-12-53(4)13-35-62/h6-49H,1-5H3/b18-16+,19-17+. The highest BCUT2D eigenvalue weighted by Gasteiger charge is 2.16. The van der Waals surface area contributed by atoms with Gasteiger partial charge in [0.15, 0.2) is 0 Å². The average Bonchev–Trinajstić information content (AvgIpc) is 3.42. The highest BCUT2D eigenvalue weighted by Crippen LogP contribution is 2.39. The Balaban J connectivity index is 0.878. The van der Waals surface area contributed by atoms with Gasteiger partial charge in [0.05, 0.1) is 0 Å². The van der Waals surface area contributed by atoms with Crippen LogP contribution in [0, 0.1) is 34.6 Å². The minimum atomic E-state index is 0.783. The lowest BCUT2D eigenvalue weighted by molar-refractivity contribution is 0.482. The van der Waals surface area contributed by atoms with Gasteiger partial charge in [-0.05, 0) is 190 Å². The molecule has 0 saturated carbocycles. The zero-order valence-electron chi connectivity index (χ0n) is 42.2. The minimum absolute atomic E-state index is 0.783. The molecule has 10 rings (SSSR count). The minimum Gasteiger partial charge on any atom is -0.457 e. The molecule has 0 aliphatic heterocycles. The molecule has 0 spiro atoms. The largest absolute Gasteiger partial charge is 0.457 e. The van der Waals surface area contributed by atoms with E-state index in [9.17, 15) is 0 Å². The monoisotopic (exact) mass is 945 g/mol. The van der Waals surface area contributed by atoms with E-state index in [0.717, 1.165) is 84.9 Å². The Kier molecular flexibility index (Phi) is 14.3. The molecule has 0 N–H and O–H groups in total. The van der Waals surface area contributed by atoms with Gasteiger partial charge >= 0.3 is 0 Å². The van der Waals surface area contributed by atoms with E-state index in [4.69, 9.17) is 4.74 Å². The van der Waals surface area contributed by atoms with Crippen LogP contribution in [0.1, 0.15) is 50.1 Å². The van der Waals surface area contributed by atoms with E-state index in [1.54, 1.807) is 0 Å². The Morgan fingerprint density at radius 3 is 0.562 bits per heavy atom. The molecule has 356 valence electrons. The van der Waals surface area contributed by atoms with Gasteiger partial charge in [-0.2, -0.15) is 0 Å². The summed E-state index contributed by atoms with van der Waals surface area (Å²) >= 11 is 0. The van der Waals surface area contributed by atoms with Crippen LogP contribution < -0.4 is 19.4 Å². The molecule has 4 nitrogen and oxygen atoms in total. The summed E-state index contributed by atoms with van der Waals surface area (Å²) in [4.78, 5) is 6.90. The van der Waals surface area contributed by atoms with Crippen molar-refractivity contribution in [1.29, 1.82) is 0 Å². The molecule has 10 aromatic carbocycles. The normalized spacial score (nSPS) is 11.2. The lowest BCUT2D eigenvalue weighted by Gasteiger charge is -2.26. The van der Waals surface area contributed by atoms with Crippen molar-refractivity contribution < 1.29 is 4.74 Å². The Hall–Kier alpha value is -9.12. The second-order valence-electron chi connectivity index (χ2n) is 18.8. The molecule has 73 heavy (non-hydrogen) atoms. The summed E-state index contributed by atoms with van der Waals surface area (Å²) in [6.45, 7) is 10.6. The molecule has 0 unspecified atom stereocenters. The van der Waals surface area contributed by atoms with Crippen molar-refractivity contribution in [3.63, 3.8) is 0 Å². The third-order valence-corrected chi connectivity index (χ3v) is 13.1. The van der Waals surface area contributed by atoms with Crippen LogP contribution in [-0.4, -0.2) is 0 Å². The predicted octanol–water partition coefficient (Wildman–Crippen LogP) is 19.8. The van der Waals surface area contributed by atoms with Crippen molar-refractivity contribution in [2.45, 2.75) is 34.6 Å². The van der Waals surface area contributed by atoms with E-state index < -0.39 is 0 Å². The molecule has 0 saturated heterocycles. The molecule has 0 aromatic heterocycles. The first-order valence-corrected chi connectivity index (χ1v) is 25.0. The van der Waals surface area contributed by atoms with Crippen LogP contribution in [0.3, 0.4) is 0 Å². The van der Waals surface area contributed by atoms with Gasteiger partial charge < -0.3 is 19.4 Å². The second kappa shape index (κ2) is 21.9. The van der Waals surface area contributed by atoms with Crippen LogP contribution in [0.25, 0.3) is 24.3 Å². The van der Waals surface area contributed by atoms with Crippen molar-refractivity contribution in [1.82, 2.24) is 0 Å². The fraction of sp³-hybridized carbons (Fsp3) is 0.0725. The summed E-state index contributed by atoms with van der Waals surface area (Å²) in [5.74, 6) is 1.60. The van der Waals surface area contributed by atoms with Crippen molar-refractivity contribution >= 4 is 75.5 Å². The van der Waals surface area contributed by atoms with E-state index in [1.807, 2.05) is 24.3 Å². The maximum atomic E-state index is 6.23. The van der Waals surface area contributed by atoms with Gasteiger partial charge in [0.25, 0.3) is 0 Å². The van der Waals surface area contributed by atoms with Crippen LogP contribution in [0.2, 0.25) is 0 Å². The van der Waals surface area contributed by atoms with Crippen molar-refractivity contribution in [3.8, 4) is 11.5 Å². The summed E-state index contributed by atoms with van der Waals surface area (Å²) < 4.78 is 6.23. The van der Waals surface area contributed by atoms with E-state index in [1.165, 1.54) is 27.8 Å². The highest BCUT2D eigenvalue weighted by atomic mass is 16.5. The van der Waals surface area contributed by atoms with Gasteiger partial charge in [0, 0.05) is 51.2 Å². The summed E-state index contributed by atoms with van der Waals surface area (Å²) in [6.07, 6.45) is 8.71. The van der Waals surface area contributed by atoms with Gasteiger partial charge in [-0.25, -0.2) is 0 Å². The molecule has 10 aromatic rings. The smallest absolute Gasteiger partial charge is 0.127 e. The number of anilines is 9. The predicted molar refractivity (Wildman–Crippen MR) is 311 cm³/mol. The Morgan fingerprint density at radius 2 is 0.356 bits per heavy atom. The van der Waals surface area contributed by atoms with Crippen LogP contribution >= 0.6 is 0 Å². The molecule has 0 fully saturated rings. The lowest BCUT2D eigenvalue weighted by atomic mass is 10.1. The van der Waals surface area contributed by atoms with Gasteiger partial charge in [-0.1, -0.05) is 161 Å². The van der Waals surface area contributed by atoms with Gasteiger partial charge in [0.1, 0.15) is 11.5 Å². The maximum Gasteiger partial charge on any atom is 0.127 e. The zero-order valence-corrected chi connectivity index (χ0v) is 42.2. The van der Waals surface area contributed by atoms with Crippen molar-refractivity contribution in [2.24, 2.45) is 0 Å². The maximum absolute atomic E-state index is 6.23. The molecule has 4 heteroatoms. The first-order chi connectivity index (χ1) is 35.7. The Morgan fingerprint density at radius 1 is 0.205 bits per heavy atom. The Bertz CT molecular complexity index is 3150. The summed E-state index contributed by atoms with van der Waals surface area (Å²) in [6, 6.07) is 86.3. The summed E-state index contributed by atoms with van der Waals surface area (Å²) in [5, 5.41) is 0. The first-order valence-electron chi connectivity index (χ1n) is 25.0. The second-order valence-corrected chi connectivity index (χ2v) is 18.8. The quantitative estimate of drug-likeness (QED) is 0.0953. The van der Waals surface area contributed by atoms with Gasteiger partial charge in [-0.15, -0.1) is 0 Å². The number of rotatable bonds is 15. The SMILES string of the molecule is Cc1ccc(Oc2ccc(N(c3ccc(/C=C/c4ccc(N(c5ccc(C)cc5)c5ccc(C)cc5)cc4)cc3)c3ccc(/C=C/c4ccc(N(c5ccc(C)cc5)c5ccc(C)cc5)cc4)cc3)cc2)cc1. The molecule has 0 aliphatic rings. The van der Waals surface area contributed by atoms with Crippen LogP contribution in [0.4, 0.5) is 51.2 Å². The molecule has 0 aliphatic carbocycles. The number of aryl methyl sites for hydroxylation is 5. The number of hydrogen-bond donors (Lipinski definition) is 0.